The largest absolute Gasteiger partial charge is 0.323 e. The average Bonchev–Trinajstić information content (AvgIpc) is 3.20. The molecule has 0 aliphatic heterocycles. The molecule has 4 rings (SSSR count). The van der Waals surface area contributed by atoms with Gasteiger partial charge in [-0.1, -0.05) is 47.5 Å². The van der Waals surface area contributed by atoms with Crippen molar-refractivity contribution in [2.75, 3.05) is 0 Å². The number of imidazole rings is 2. The first-order chi connectivity index (χ1) is 11.7. The second-order valence-corrected chi connectivity index (χ2v) is 6.13. The first-order valence-corrected chi connectivity index (χ1v) is 8.07. The molecule has 2 aromatic heterocycles. The number of nitrogens with one attached hydrogen (secondary N) is 1. The molecule has 4 aromatic rings. The Morgan fingerprint density at radius 2 is 1.92 bits per heavy atom. The number of hydrogen-bond donors (Lipinski definition) is 1. The highest BCUT2D eigenvalue weighted by Gasteiger charge is 2.05. The fraction of sp³-hybridized carbons (Fsp3) is 0. The number of fused-ring (bicyclic) bond motifs is 1. The van der Waals surface area contributed by atoms with Gasteiger partial charge in [-0.2, -0.15) is 0 Å². The van der Waals surface area contributed by atoms with Crippen molar-refractivity contribution in [2.24, 2.45) is 0 Å². The van der Waals surface area contributed by atoms with Gasteiger partial charge in [-0.25, -0.2) is 9.97 Å². The third-order valence-electron chi connectivity index (χ3n) is 3.62. The number of hydrogen-bond acceptors (Lipinski definition) is 2. The Morgan fingerprint density at radius 3 is 2.75 bits per heavy atom. The third-order valence-corrected chi connectivity index (χ3v) is 4.18. The molecular formula is C18H12Cl2N4. The number of aromatic amines is 1. The van der Waals surface area contributed by atoms with E-state index in [1.807, 2.05) is 53.2 Å². The maximum Gasteiger partial charge on any atom is 0.213 e. The number of halogens is 2. The second kappa shape index (κ2) is 6.15. The van der Waals surface area contributed by atoms with Crippen molar-refractivity contribution in [3.63, 3.8) is 0 Å². The smallest absolute Gasteiger partial charge is 0.213 e. The lowest BCUT2D eigenvalue weighted by Gasteiger charge is -1.97. The Labute approximate surface area is 148 Å². The van der Waals surface area contributed by atoms with Gasteiger partial charge in [-0.3, -0.25) is 4.57 Å². The molecule has 0 aliphatic rings. The van der Waals surface area contributed by atoms with Crippen LogP contribution in [0.2, 0.25) is 10.0 Å². The predicted octanol–water partition coefficient (Wildman–Crippen LogP) is 5.23. The maximum absolute atomic E-state index is 6.17. The summed E-state index contributed by atoms with van der Waals surface area (Å²) in [5.41, 5.74) is 3.61. The van der Waals surface area contributed by atoms with E-state index in [2.05, 4.69) is 15.0 Å². The lowest BCUT2D eigenvalue weighted by atomic mass is 10.2. The van der Waals surface area contributed by atoms with Gasteiger partial charge in [0.1, 0.15) is 6.33 Å². The molecule has 0 aliphatic carbocycles. The van der Waals surface area contributed by atoms with Crippen LogP contribution >= 0.6 is 23.2 Å². The van der Waals surface area contributed by atoms with Gasteiger partial charge in [0.25, 0.3) is 0 Å². The second-order valence-electron chi connectivity index (χ2n) is 5.28. The van der Waals surface area contributed by atoms with E-state index < -0.39 is 0 Å². The predicted molar refractivity (Wildman–Crippen MR) is 98.6 cm³/mol. The van der Waals surface area contributed by atoms with Crippen molar-refractivity contribution in [1.29, 1.82) is 0 Å². The van der Waals surface area contributed by atoms with E-state index in [4.69, 9.17) is 23.2 Å². The lowest BCUT2D eigenvalue weighted by Crippen LogP contribution is -1.91. The standard InChI is InChI=1S/C18H12Cl2N4/c19-13-7-5-12(15(20)9-13)6-8-14-10-24(11-21-14)18-22-16-3-1-2-4-17(16)23-18/h1-11H,(H,22,23). The first-order valence-electron chi connectivity index (χ1n) is 7.31. The number of nitrogens with zero attached hydrogens (tertiary/aromatic N) is 3. The molecular weight excluding hydrogens is 343 g/mol. The topological polar surface area (TPSA) is 46.5 Å². The van der Waals surface area contributed by atoms with Crippen LogP contribution < -0.4 is 0 Å². The molecule has 0 atom stereocenters. The van der Waals surface area contributed by atoms with E-state index >= 15 is 0 Å². The minimum Gasteiger partial charge on any atom is -0.323 e. The zero-order chi connectivity index (χ0) is 16.5. The van der Waals surface area contributed by atoms with Crippen LogP contribution in [-0.4, -0.2) is 19.5 Å². The SMILES string of the molecule is Clc1ccc(C=Cc2cn(-c3nc4ccccc4[nH]3)cn2)c(Cl)c1. The monoisotopic (exact) mass is 354 g/mol. The van der Waals surface area contributed by atoms with Crippen LogP contribution in [0.15, 0.2) is 55.0 Å². The van der Waals surface area contributed by atoms with Gasteiger partial charge in [0, 0.05) is 16.2 Å². The van der Waals surface area contributed by atoms with Gasteiger partial charge in [0.15, 0.2) is 0 Å². The lowest BCUT2D eigenvalue weighted by molar-refractivity contribution is 0.967. The molecule has 24 heavy (non-hydrogen) atoms. The zero-order valence-electron chi connectivity index (χ0n) is 12.4. The van der Waals surface area contributed by atoms with Crippen LogP contribution in [0.25, 0.3) is 29.1 Å². The van der Waals surface area contributed by atoms with Crippen molar-refractivity contribution in [1.82, 2.24) is 19.5 Å². The summed E-state index contributed by atoms with van der Waals surface area (Å²) in [5, 5.41) is 1.22. The molecule has 0 saturated heterocycles. The minimum absolute atomic E-state index is 0.607. The van der Waals surface area contributed by atoms with Crippen molar-refractivity contribution in [3.8, 4) is 5.95 Å². The number of H-pyrrole nitrogens is 1. The summed E-state index contributed by atoms with van der Waals surface area (Å²) in [6.07, 6.45) is 7.43. The number of para-hydroxylation sites is 2. The van der Waals surface area contributed by atoms with Crippen LogP contribution in [0, 0.1) is 0 Å². The van der Waals surface area contributed by atoms with Gasteiger partial charge >= 0.3 is 0 Å². The number of aromatic nitrogens is 4. The molecule has 2 aromatic carbocycles. The Bertz CT molecular complexity index is 1010. The highest BCUT2D eigenvalue weighted by atomic mass is 35.5. The van der Waals surface area contributed by atoms with E-state index in [1.165, 1.54) is 0 Å². The first kappa shape index (κ1) is 15.0. The van der Waals surface area contributed by atoms with Crippen LogP contribution in [0.4, 0.5) is 0 Å². The van der Waals surface area contributed by atoms with Crippen LogP contribution in [0.5, 0.6) is 0 Å². The van der Waals surface area contributed by atoms with Crippen LogP contribution in [-0.2, 0) is 0 Å². The fourth-order valence-corrected chi connectivity index (χ4v) is 2.88. The van der Waals surface area contributed by atoms with Crippen molar-refractivity contribution < 1.29 is 0 Å². The third kappa shape index (κ3) is 2.94. The quantitative estimate of drug-likeness (QED) is 0.547. The fourth-order valence-electron chi connectivity index (χ4n) is 2.41. The zero-order valence-corrected chi connectivity index (χ0v) is 14.0. The molecule has 1 N–H and O–H groups in total. The highest BCUT2D eigenvalue weighted by molar-refractivity contribution is 6.35. The Kier molecular flexibility index (Phi) is 3.84. The molecule has 2 heterocycles. The normalized spacial score (nSPS) is 11.6. The molecule has 0 radical (unpaired) electrons. The van der Waals surface area contributed by atoms with Gasteiger partial charge in [0.2, 0.25) is 5.95 Å². The Morgan fingerprint density at radius 1 is 1.04 bits per heavy atom. The van der Waals surface area contributed by atoms with Crippen molar-refractivity contribution in [2.45, 2.75) is 0 Å². The molecule has 6 heteroatoms. The summed E-state index contributed by atoms with van der Waals surface area (Å²) in [5.74, 6) is 0.730. The molecule has 0 fully saturated rings. The molecule has 0 amide bonds. The highest BCUT2D eigenvalue weighted by Crippen LogP contribution is 2.23. The van der Waals surface area contributed by atoms with E-state index in [9.17, 15) is 0 Å². The van der Waals surface area contributed by atoms with Crippen LogP contribution in [0.1, 0.15) is 11.3 Å². The summed E-state index contributed by atoms with van der Waals surface area (Å²) in [7, 11) is 0. The minimum atomic E-state index is 0.607. The molecule has 0 spiro atoms. The Hall–Kier alpha value is -2.56. The Balaban J connectivity index is 1.61. The van der Waals surface area contributed by atoms with Crippen LogP contribution in [0.3, 0.4) is 0 Å². The van der Waals surface area contributed by atoms with Gasteiger partial charge in [-0.15, -0.1) is 0 Å². The molecule has 4 nitrogen and oxygen atoms in total. The summed E-state index contributed by atoms with van der Waals surface area (Å²) < 4.78 is 1.85. The van der Waals surface area contributed by atoms with E-state index in [0.29, 0.717) is 10.0 Å². The molecule has 118 valence electrons. The van der Waals surface area contributed by atoms with E-state index in [0.717, 1.165) is 28.2 Å². The van der Waals surface area contributed by atoms with Gasteiger partial charge < -0.3 is 4.98 Å². The van der Waals surface area contributed by atoms with Gasteiger partial charge in [0.05, 0.1) is 16.7 Å². The number of rotatable bonds is 3. The van der Waals surface area contributed by atoms with E-state index in [-0.39, 0.29) is 0 Å². The average molecular weight is 355 g/mol. The molecule has 0 saturated carbocycles. The summed E-state index contributed by atoms with van der Waals surface area (Å²) in [6.45, 7) is 0. The van der Waals surface area contributed by atoms with Crippen molar-refractivity contribution in [3.05, 3.63) is 76.3 Å². The summed E-state index contributed by atoms with van der Waals surface area (Å²) in [6, 6.07) is 13.3. The number of benzene rings is 2. The maximum atomic E-state index is 6.17. The van der Waals surface area contributed by atoms with E-state index in [1.54, 1.807) is 18.5 Å². The molecule has 0 bridgehead atoms. The summed E-state index contributed by atoms with van der Waals surface area (Å²) >= 11 is 12.1. The van der Waals surface area contributed by atoms with Gasteiger partial charge in [-0.05, 0) is 35.9 Å². The van der Waals surface area contributed by atoms with Crippen molar-refractivity contribution >= 4 is 46.4 Å². The summed E-state index contributed by atoms with van der Waals surface area (Å²) in [4.78, 5) is 12.2. The molecule has 0 unspecified atom stereocenters.